The average Bonchev–Trinajstić information content (AvgIpc) is 3.73. The Bertz CT molecular complexity index is 2370. The van der Waals surface area contributed by atoms with Crippen molar-refractivity contribution >= 4 is 22.1 Å². The monoisotopic (exact) mass is 953 g/mol. The van der Waals surface area contributed by atoms with Gasteiger partial charge in [0.05, 0.1) is 55.7 Å². The van der Waals surface area contributed by atoms with Gasteiger partial charge in [-0.15, -0.1) is 0 Å². The van der Waals surface area contributed by atoms with Gasteiger partial charge in [0.15, 0.2) is 11.6 Å². The highest BCUT2D eigenvalue weighted by Crippen LogP contribution is 2.42. The lowest BCUT2D eigenvalue weighted by molar-refractivity contribution is -0.138. The Morgan fingerprint density at radius 2 is 0.750 bits per heavy atom. The molecule has 0 amide bonds. The van der Waals surface area contributed by atoms with Crippen molar-refractivity contribution in [1.82, 2.24) is 29.1 Å². The summed E-state index contributed by atoms with van der Waals surface area (Å²) >= 11 is 0. The second kappa shape index (κ2) is 24.8. The van der Waals surface area contributed by atoms with Crippen LogP contribution < -0.4 is 11.1 Å². The minimum atomic E-state index is -4.66. The Balaban J connectivity index is 1.57. The number of rotatable bonds is 29. The maximum atomic E-state index is 15.6. The molecule has 2 N–H and O–H groups in total. The molecule has 4 aliphatic rings. The summed E-state index contributed by atoms with van der Waals surface area (Å²) in [6.07, 6.45) is 16.3. The number of H-pyrrole nitrogens is 2. The molecule has 14 heteroatoms. The Morgan fingerprint density at radius 1 is 0.456 bits per heavy atom. The first-order valence-corrected chi connectivity index (χ1v) is 26.0. The van der Waals surface area contributed by atoms with E-state index in [-0.39, 0.29) is 68.3 Å². The smallest absolute Gasteiger partial charge is 0.350 e. The summed E-state index contributed by atoms with van der Waals surface area (Å²) in [5.74, 6) is 0.454. The summed E-state index contributed by atoms with van der Waals surface area (Å²) in [6, 6.07) is 5.78. The zero-order chi connectivity index (χ0) is 48.8. The van der Waals surface area contributed by atoms with Crippen molar-refractivity contribution in [3.8, 4) is 34.2 Å². The number of aromatic amines is 2. The lowest BCUT2D eigenvalue weighted by Gasteiger charge is -2.20. The van der Waals surface area contributed by atoms with E-state index in [1.807, 2.05) is 0 Å². The molecule has 8 nitrogen and oxygen atoms in total. The third-order valence-corrected chi connectivity index (χ3v) is 13.9. The minimum absolute atomic E-state index is 0.0297. The zero-order valence-corrected chi connectivity index (χ0v) is 40.9. The highest BCUT2D eigenvalue weighted by atomic mass is 19.4. The largest absolute Gasteiger partial charge is 0.416 e. The van der Waals surface area contributed by atoms with E-state index in [0.717, 1.165) is 114 Å². The third kappa shape index (κ3) is 13.0. The molecule has 0 fully saturated rings. The fourth-order valence-corrected chi connectivity index (χ4v) is 10.1. The van der Waals surface area contributed by atoms with E-state index in [0.29, 0.717) is 25.7 Å². The normalized spacial score (nSPS) is 13.5. The fourth-order valence-electron chi connectivity index (χ4n) is 10.1. The Hall–Kier alpha value is -4.62. The lowest BCUT2D eigenvalue weighted by atomic mass is 10.0. The van der Waals surface area contributed by atoms with Crippen molar-refractivity contribution in [3.05, 3.63) is 68.2 Å². The number of unbranched alkanes of at least 4 members (excludes halogenated alkanes) is 18. The standard InChI is InChI=1S/C54H74F6N6O2/c1-5-9-13-15-17-19-21-25-29-39(27-23-11-7-3)65-49-47(61-43-35-37(53(55,56)57)31-33-41(43)63-49)45(51(65)67)46-48-50(64-42-34-32-38(54(58,59)60)36-44(42)62-48)66(52(46)68)40(28-24-12-8-4)30-26-22-20-18-16-14-10-6-2/h31-36,39-40,61-62H,5-30H2,1-4H3. The lowest BCUT2D eigenvalue weighted by Crippen LogP contribution is -2.25. The zero-order valence-electron chi connectivity index (χ0n) is 40.9. The van der Waals surface area contributed by atoms with Gasteiger partial charge >= 0.3 is 12.4 Å². The maximum Gasteiger partial charge on any atom is 0.416 e. The molecular weight excluding hydrogens is 879 g/mol. The molecule has 0 saturated heterocycles. The molecule has 2 unspecified atom stereocenters. The average molecular weight is 953 g/mol. The Morgan fingerprint density at radius 3 is 1.07 bits per heavy atom. The molecule has 68 heavy (non-hydrogen) atoms. The molecule has 2 aromatic carbocycles. The van der Waals surface area contributed by atoms with Crippen LogP contribution in [0.3, 0.4) is 0 Å². The van der Waals surface area contributed by atoms with Gasteiger partial charge in [-0.2, -0.15) is 26.3 Å². The second-order valence-electron chi connectivity index (χ2n) is 19.3. The van der Waals surface area contributed by atoms with E-state index in [4.69, 9.17) is 9.97 Å². The van der Waals surface area contributed by atoms with Crippen LogP contribution in [0, 0.1) is 0 Å². The number of nitrogens with one attached hydrogen (secondary N) is 2. The van der Waals surface area contributed by atoms with Gasteiger partial charge in [-0.3, -0.25) is 18.7 Å². The van der Waals surface area contributed by atoms with Crippen molar-refractivity contribution < 1.29 is 26.3 Å². The SMILES string of the molecule is CCCCCCCCCCC(CCCCC)n1c2nc3ccc(C(F)(F)F)cc3[nH]c-2c(-c2c3[nH]c4cc(C(F)(F)F)ccc4nc-3n(C(CCCCC)CCCCCCCCCC)c2=O)c1=O. The van der Waals surface area contributed by atoms with Crippen molar-refractivity contribution in [3.63, 3.8) is 0 Å². The second-order valence-corrected chi connectivity index (χ2v) is 19.3. The number of nitrogens with zero attached hydrogens (tertiary/aromatic N) is 4. The summed E-state index contributed by atoms with van der Waals surface area (Å²) in [6.45, 7) is 8.60. The highest BCUT2D eigenvalue weighted by molar-refractivity contribution is 5.93. The maximum absolute atomic E-state index is 15.6. The van der Waals surface area contributed by atoms with Gasteiger partial charge in [-0.25, -0.2) is 9.97 Å². The van der Waals surface area contributed by atoms with Gasteiger partial charge in [0.25, 0.3) is 11.1 Å². The molecule has 0 radical (unpaired) electrons. The van der Waals surface area contributed by atoms with Gasteiger partial charge in [0.1, 0.15) is 0 Å². The number of alkyl halides is 6. The van der Waals surface area contributed by atoms with Gasteiger partial charge < -0.3 is 9.97 Å². The van der Waals surface area contributed by atoms with E-state index < -0.39 is 34.6 Å². The van der Waals surface area contributed by atoms with Crippen molar-refractivity contribution in [1.29, 1.82) is 0 Å². The highest BCUT2D eigenvalue weighted by Gasteiger charge is 2.38. The molecule has 0 saturated carbocycles. The summed E-state index contributed by atoms with van der Waals surface area (Å²) in [5, 5.41) is 0. The molecule has 2 aromatic rings. The van der Waals surface area contributed by atoms with Crippen molar-refractivity contribution in [2.24, 2.45) is 0 Å². The van der Waals surface area contributed by atoms with Gasteiger partial charge in [0.2, 0.25) is 0 Å². The molecule has 4 heterocycles. The van der Waals surface area contributed by atoms with Crippen LogP contribution in [0.15, 0.2) is 46.0 Å². The summed E-state index contributed by atoms with van der Waals surface area (Å²) < 4.78 is 88.3. The van der Waals surface area contributed by atoms with E-state index >= 15 is 9.59 Å². The van der Waals surface area contributed by atoms with Crippen LogP contribution in [-0.4, -0.2) is 29.1 Å². The Kier molecular flexibility index (Phi) is 19.2. The quantitative estimate of drug-likeness (QED) is 0.0361. The molecule has 4 aliphatic heterocycles. The first kappa shape index (κ1) is 52.7. The first-order chi connectivity index (χ1) is 32.7. The van der Waals surface area contributed by atoms with Crippen molar-refractivity contribution in [2.75, 3.05) is 0 Å². The topological polar surface area (TPSA) is 101 Å². The van der Waals surface area contributed by atoms with Crippen LogP contribution >= 0.6 is 0 Å². The molecular formula is C54H74F6N6O2. The summed E-state index contributed by atoms with van der Waals surface area (Å²) in [7, 11) is 0. The Labute approximate surface area is 397 Å². The predicted octanol–water partition coefficient (Wildman–Crippen LogP) is 17.0. The van der Waals surface area contributed by atoms with Crippen LogP contribution in [-0.2, 0) is 12.4 Å². The van der Waals surface area contributed by atoms with E-state index in [2.05, 4.69) is 37.7 Å². The number of fused-ring (bicyclic) bond motifs is 4. The molecule has 6 rings (SSSR count). The number of halogens is 6. The van der Waals surface area contributed by atoms with Crippen LogP contribution in [0.1, 0.15) is 218 Å². The molecule has 374 valence electrons. The molecule has 0 aromatic heterocycles. The number of hydrogen-bond acceptors (Lipinski definition) is 4. The van der Waals surface area contributed by atoms with Gasteiger partial charge in [-0.05, 0) is 62.1 Å². The first-order valence-electron chi connectivity index (χ1n) is 26.0. The molecule has 0 bridgehead atoms. The molecule has 0 spiro atoms. The van der Waals surface area contributed by atoms with Crippen LogP contribution in [0.25, 0.3) is 56.2 Å². The van der Waals surface area contributed by atoms with Gasteiger partial charge in [-0.1, -0.05) is 169 Å². The minimum Gasteiger partial charge on any atom is -0.350 e. The summed E-state index contributed by atoms with van der Waals surface area (Å²) in [5.41, 5.74) is -2.26. The predicted molar refractivity (Wildman–Crippen MR) is 264 cm³/mol. The molecule has 2 atom stereocenters. The van der Waals surface area contributed by atoms with Crippen LogP contribution in [0.2, 0.25) is 0 Å². The van der Waals surface area contributed by atoms with Crippen molar-refractivity contribution in [2.45, 2.75) is 219 Å². The summed E-state index contributed by atoms with van der Waals surface area (Å²) in [4.78, 5) is 47.3. The van der Waals surface area contributed by atoms with Crippen LogP contribution in [0.5, 0.6) is 0 Å². The van der Waals surface area contributed by atoms with E-state index in [1.54, 1.807) is 9.13 Å². The van der Waals surface area contributed by atoms with E-state index in [9.17, 15) is 26.3 Å². The number of benzene rings is 2. The van der Waals surface area contributed by atoms with E-state index in [1.165, 1.54) is 63.5 Å². The fraction of sp³-hybridized carbons (Fsp3) is 0.630. The third-order valence-electron chi connectivity index (χ3n) is 13.9. The molecule has 0 aliphatic carbocycles. The number of aromatic nitrogens is 6. The van der Waals surface area contributed by atoms with Crippen LogP contribution in [0.4, 0.5) is 26.3 Å². The van der Waals surface area contributed by atoms with Gasteiger partial charge in [0, 0.05) is 12.1 Å². The number of hydrogen-bond donors (Lipinski definition) is 2.